The van der Waals surface area contributed by atoms with Gasteiger partial charge in [-0.25, -0.2) is 4.79 Å². The first-order valence-corrected chi connectivity index (χ1v) is 9.68. The maximum Gasteiger partial charge on any atom is 0.337 e. The first kappa shape index (κ1) is 18.7. The largest absolute Gasteiger partial charge is 0.465 e. The molecule has 138 valence electrons. The van der Waals surface area contributed by atoms with Crippen LogP contribution in [0, 0.1) is 5.92 Å². The third-order valence-electron chi connectivity index (χ3n) is 5.56. The van der Waals surface area contributed by atoms with Crippen molar-refractivity contribution in [1.29, 1.82) is 0 Å². The number of methoxy groups -OCH3 is 1. The van der Waals surface area contributed by atoms with Crippen molar-refractivity contribution in [1.82, 2.24) is 5.32 Å². The van der Waals surface area contributed by atoms with Gasteiger partial charge in [0, 0.05) is 6.04 Å². The molecule has 2 aromatic rings. The van der Waals surface area contributed by atoms with Crippen molar-refractivity contribution in [2.24, 2.45) is 5.92 Å². The fourth-order valence-corrected chi connectivity index (χ4v) is 4.03. The molecule has 26 heavy (non-hydrogen) atoms. The Bertz CT molecular complexity index is 707. The van der Waals surface area contributed by atoms with Crippen LogP contribution in [0.4, 0.5) is 0 Å². The van der Waals surface area contributed by atoms with Crippen molar-refractivity contribution in [3.8, 4) is 0 Å². The van der Waals surface area contributed by atoms with Gasteiger partial charge >= 0.3 is 5.97 Å². The molecule has 0 amide bonds. The highest BCUT2D eigenvalue weighted by atomic mass is 16.5. The van der Waals surface area contributed by atoms with Gasteiger partial charge < -0.3 is 10.1 Å². The molecular weight excluding hydrogens is 322 g/mol. The highest BCUT2D eigenvalue weighted by molar-refractivity contribution is 5.89. The number of esters is 1. The van der Waals surface area contributed by atoms with Gasteiger partial charge in [-0.3, -0.25) is 0 Å². The van der Waals surface area contributed by atoms with Gasteiger partial charge in [0.25, 0.3) is 0 Å². The van der Waals surface area contributed by atoms with E-state index in [4.69, 9.17) is 4.74 Å². The zero-order chi connectivity index (χ0) is 18.4. The fourth-order valence-electron chi connectivity index (χ4n) is 4.03. The molecule has 1 fully saturated rings. The van der Waals surface area contributed by atoms with Gasteiger partial charge in [0.2, 0.25) is 0 Å². The Labute approximate surface area is 156 Å². The summed E-state index contributed by atoms with van der Waals surface area (Å²) in [5.74, 6) is 0.428. The molecule has 2 aromatic carbocycles. The Morgan fingerprint density at radius 2 is 1.69 bits per heavy atom. The number of hydrogen-bond donors (Lipinski definition) is 1. The second-order valence-corrected chi connectivity index (χ2v) is 7.31. The molecule has 3 nitrogen and oxygen atoms in total. The Kier molecular flexibility index (Phi) is 6.45. The predicted octanol–water partition coefficient (Wildman–Crippen LogP) is 5.12. The molecule has 2 atom stereocenters. The van der Waals surface area contributed by atoms with E-state index in [1.807, 2.05) is 24.3 Å². The molecule has 1 saturated carbocycles. The Morgan fingerprint density at radius 1 is 1.00 bits per heavy atom. The van der Waals surface area contributed by atoms with Gasteiger partial charge in [0.1, 0.15) is 0 Å². The lowest BCUT2D eigenvalue weighted by Crippen LogP contribution is -2.37. The lowest BCUT2D eigenvalue weighted by Gasteiger charge is -2.32. The number of carbonyl (C=O) groups is 1. The monoisotopic (exact) mass is 351 g/mol. The maximum absolute atomic E-state index is 12.0. The topological polar surface area (TPSA) is 38.3 Å². The van der Waals surface area contributed by atoms with Crippen molar-refractivity contribution in [3.05, 3.63) is 71.3 Å². The molecule has 0 aromatic heterocycles. The highest BCUT2D eigenvalue weighted by Gasteiger charge is 2.24. The molecule has 3 rings (SSSR count). The van der Waals surface area contributed by atoms with E-state index in [1.165, 1.54) is 44.8 Å². The summed E-state index contributed by atoms with van der Waals surface area (Å²) < 4.78 is 4.89. The predicted molar refractivity (Wildman–Crippen MR) is 105 cm³/mol. The summed E-state index contributed by atoms with van der Waals surface area (Å²) in [4.78, 5) is 12.0. The van der Waals surface area contributed by atoms with Gasteiger partial charge in [-0.1, -0.05) is 61.7 Å². The van der Waals surface area contributed by atoms with Crippen molar-refractivity contribution < 1.29 is 9.53 Å². The van der Waals surface area contributed by atoms with E-state index < -0.39 is 0 Å². The average molecular weight is 351 g/mol. The number of hydrogen-bond acceptors (Lipinski definition) is 3. The second kappa shape index (κ2) is 9.00. The van der Waals surface area contributed by atoms with Crippen LogP contribution in [0.1, 0.15) is 66.6 Å². The summed E-state index contributed by atoms with van der Waals surface area (Å²) in [6.45, 7) is 2.30. The molecule has 0 saturated heterocycles. The lowest BCUT2D eigenvalue weighted by atomic mass is 9.83. The molecule has 1 aliphatic rings. The van der Waals surface area contributed by atoms with Gasteiger partial charge in [0.15, 0.2) is 0 Å². The number of carbonyl (C=O) groups excluding carboxylic acids is 1. The van der Waals surface area contributed by atoms with Crippen LogP contribution in [0.25, 0.3) is 0 Å². The first-order chi connectivity index (χ1) is 12.7. The van der Waals surface area contributed by atoms with Crippen molar-refractivity contribution in [2.45, 2.75) is 51.1 Å². The molecule has 0 aliphatic heterocycles. The number of ether oxygens (including phenoxy) is 1. The zero-order valence-electron chi connectivity index (χ0n) is 15.8. The minimum Gasteiger partial charge on any atom is -0.465 e. The lowest BCUT2D eigenvalue weighted by molar-refractivity contribution is 0.0600. The number of rotatable bonds is 6. The quantitative estimate of drug-likeness (QED) is 0.734. The Hall–Kier alpha value is -2.13. The minimum absolute atomic E-state index is 0.0673. The molecule has 0 heterocycles. The highest BCUT2D eigenvalue weighted by Crippen LogP contribution is 2.30. The smallest absolute Gasteiger partial charge is 0.337 e. The van der Waals surface area contributed by atoms with E-state index in [2.05, 4.69) is 42.6 Å². The van der Waals surface area contributed by atoms with Gasteiger partial charge in [0.05, 0.1) is 18.7 Å². The summed E-state index contributed by atoms with van der Waals surface area (Å²) in [5, 5.41) is 3.85. The van der Waals surface area contributed by atoms with Crippen molar-refractivity contribution in [3.63, 3.8) is 0 Å². The molecule has 1 aliphatic carbocycles. The van der Waals surface area contributed by atoms with E-state index in [9.17, 15) is 4.79 Å². The van der Waals surface area contributed by atoms with Crippen LogP contribution < -0.4 is 5.32 Å². The fraction of sp³-hybridized carbons (Fsp3) is 0.435. The minimum atomic E-state index is -0.293. The Balaban J connectivity index is 1.87. The van der Waals surface area contributed by atoms with Crippen LogP contribution in [0.15, 0.2) is 54.6 Å². The molecule has 3 heteroatoms. The van der Waals surface area contributed by atoms with Crippen LogP contribution in [0.5, 0.6) is 0 Å². The maximum atomic E-state index is 12.0. The van der Waals surface area contributed by atoms with Crippen LogP contribution in [-0.2, 0) is 4.74 Å². The number of benzene rings is 2. The summed E-state index contributed by atoms with van der Waals surface area (Å²) in [5.41, 5.74) is 2.91. The normalized spacial score (nSPS) is 17.5. The molecule has 1 N–H and O–H groups in total. The van der Waals surface area contributed by atoms with Gasteiger partial charge in [-0.2, -0.15) is 0 Å². The van der Waals surface area contributed by atoms with Crippen LogP contribution in [-0.4, -0.2) is 19.1 Å². The molecule has 0 spiro atoms. The molecular formula is C23H29NO2. The second-order valence-electron chi connectivity index (χ2n) is 7.31. The van der Waals surface area contributed by atoms with Gasteiger partial charge in [-0.05, 0) is 48.9 Å². The zero-order valence-corrected chi connectivity index (χ0v) is 15.8. The van der Waals surface area contributed by atoms with Crippen molar-refractivity contribution in [2.75, 3.05) is 7.11 Å². The average Bonchev–Trinajstić information content (AvgIpc) is 2.72. The molecule has 0 bridgehead atoms. The number of nitrogens with one attached hydrogen (secondary N) is 1. The first-order valence-electron chi connectivity index (χ1n) is 9.68. The van der Waals surface area contributed by atoms with E-state index >= 15 is 0 Å². The molecule has 1 unspecified atom stereocenters. The van der Waals surface area contributed by atoms with Crippen LogP contribution in [0.2, 0.25) is 0 Å². The molecule has 0 radical (unpaired) electrons. The third-order valence-corrected chi connectivity index (χ3v) is 5.56. The third kappa shape index (κ3) is 4.53. The summed E-state index contributed by atoms with van der Waals surface area (Å²) >= 11 is 0. The SMILES string of the molecule is COC(=O)c1cccc(C(N[C@H](C)C2CCCCC2)c2ccccc2)c1. The van der Waals surface area contributed by atoms with E-state index in [0.717, 1.165) is 11.5 Å². The summed E-state index contributed by atoms with van der Waals surface area (Å²) in [6, 6.07) is 18.8. The van der Waals surface area contributed by atoms with Crippen LogP contribution >= 0.6 is 0 Å². The standard InChI is InChI=1S/C23H29NO2/c1-17(18-10-5-3-6-11-18)24-22(19-12-7-4-8-13-19)20-14-9-15-21(16-20)23(25)26-2/h4,7-9,12-18,22,24H,3,5-6,10-11H2,1-2H3/t17-,22?/m1/s1. The van der Waals surface area contributed by atoms with E-state index in [0.29, 0.717) is 11.6 Å². The summed E-state index contributed by atoms with van der Waals surface area (Å²) in [6.07, 6.45) is 6.65. The Morgan fingerprint density at radius 3 is 2.38 bits per heavy atom. The van der Waals surface area contributed by atoms with Crippen molar-refractivity contribution >= 4 is 5.97 Å². The van der Waals surface area contributed by atoms with E-state index in [-0.39, 0.29) is 12.0 Å². The van der Waals surface area contributed by atoms with E-state index in [1.54, 1.807) is 0 Å². The van der Waals surface area contributed by atoms with Gasteiger partial charge in [-0.15, -0.1) is 0 Å². The summed E-state index contributed by atoms with van der Waals surface area (Å²) in [7, 11) is 1.42. The van der Waals surface area contributed by atoms with Crippen LogP contribution in [0.3, 0.4) is 0 Å².